The van der Waals surface area contributed by atoms with E-state index in [1.165, 1.54) is 0 Å². The van der Waals surface area contributed by atoms with Crippen LogP contribution in [0.15, 0.2) is 12.1 Å². The molecule has 4 rings (SSSR count). The van der Waals surface area contributed by atoms with Crippen LogP contribution in [0.4, 0.5) is 4.79 Å². The van der Waals surface area contributed by atoms with Crippen molar-refractivity contribution < 1.29 is 19.1 Å². The number of nitrogens with one attached hydrogen (secondary N) is 2. The summed E-state index contributed by atoms with van der Waals surface area (Å²) >= 11 is 0. The van der Waals surface area contributed by atoms with Crippen molar-refractivity contribution in [2.45, 2.75) is 18.4 Å². The summed E-state index contributed by atoms with van der Waals surface area (Å²) in [6.07, 6.45) is 1.31. The van der Waals surface area contributed by atoms with Gasteiger partial charge in [-0.2, -0.15) is 0 Å². The first-order valence-electron chi connectivity index (χ1n) is 5.76. The summed E-state index contributed by atoms with van der Waals surface area (Å²) in [5.41, 5.74) is 0.916. The van der Waals surface area contributed by atoms with E-state index in [-0.39, 0.29) is 12.7 Å². The molecule has 2 N–H and O–H groups in total. The van der Waals surface area contributed by atoms with E-state index < -0.39 is 11.6 Å². The summed E-state index contributed by atoms with van der Waals surface area (Å²) in [5.74, 6) is 1.05. The molecular formula is C12H10N2O4. The number of fused-ring (bicyclic) bond motifs is 3. The van der Waals surface area contributed by atoms with Crippen LogP contribution in [-0.2, 0) is 16.8 Å². The molecule has 0 radical (unpaired) electrons. The molecule has 1 spiro atoms. The van der Waals surface area contributed by atoms with Gasteiger partial charge >= 0.3 is 6.03 Å². The van der Waals surface area contributed by atoms with Gasteiger partial charge in [0.15, 0.2) is 11.5 Å². The van der Waals surface area contributed by atoms with Crippen LogP contribution in [0, 0.1) is 0 Å². The zero-order valence-electron chi connectivity index (χ0n) is 9.41. The number of urea groups is 1. The van der Waals surface area contributed by atoms with Crippen molar-refractivity contribution in [2.24, 2.45) is 0 Å². The predicted octanol–water partition coefficient (Wildman–Crippen LogP) is 0.396. The fraction of sp³-hybridized carbons (Fsp3) is 0.333. The van der Waals surface area contributed by atoms with E-state index in [2.05, 4.69) is 10.6 Å². The highest BCUT2D eigenvalue weighted by atomic mass is 16.7. The van der Waals surface area contributed by atoms with Gasteiger partial charge in [0, 0.05) is 0 Å². The Morgan fingerprint density at radius 3 is 2.67 bits per heavy atom. The molecule has 0 bridgehead atoms. The molecule has 1 aromatic carbocycles. The minimum absolute atomic E-state index is 0.198. The maximum atomic E-state index is 12.0. The number of ether oxygens (including phenoxy) is 2. The summed E-state index contributed by atoms with van der Waals surface area (Å²) in [7, 11) is 0. The molecule has 1 saturated heterocycles. The van der Waals surface area contributed by atoms with Crippen LogP contribution < -0.4 is 20.1 Å². The van der Waals surface area contributed by atoms with Gasteiger partial charge in [0.05, 0.1) is 0 Å². The van der Waals surface area contributed by atoms with Crippen molar-refractivity contribution in [3.63, 3.8) is 0 Å². The normalized spacial score (nSPS) is 27.3. The second-order valence-electron chi connectivity index (χ2n) is 4.68. The molecule has 2 heterocycles. The molecule has 6 nitrogen and oxygen atoms in total. The number of aryl methyl sites for hydroxylation is 1. The fourth-order valence-electron chi connectivity index (χ4n) is 2.90. The number of carbonyl (C=O) groups is 2. The van der Waals surface area contributed by atoms with Crippen LogP contribution in [0.2, 0.25) is 0 Å². The Morgan fingerprint density at radius 2 is 1.94 bits per heavy atom. The minimum Gasteiger partial charge on any atom is -0.454 e. The molecule has 2 aliphatic heterocycles. The molecule has 1 atom stereocenters. The highest BCUT2D eigenvalue weighted by molar-refractivity contribution is 6.08. The van der Waals surface area contributed by atoms with E-state index in [9.17, 15) is 9.59 Å². The second-order valence-corrected chi connectivity index (χ2v) is 4.68. The van der Waals surface area contributed by atoms with Crippen molar-refractivity contribution in [2.75, 3.05) is 6.79 Å². The molecule has 1 aliphatic carbocycles. The zero-order chi connectivity index (χ0) is 12.3. The molecular weight excluding hydrogens is 236 g/mol. The summed E-state index contributed by atoms with van der Waals surface area (Å²) < 4.78 is 10.6. The van der Waals surface area contributed by atoms with Crippen molar-refractivity contribution in [3.8, 4) is 11.5 Å². The third-order valence-corrected chi connectivity index (χ3v) is 3.77. The van der Waals surface area contributed by atoms with Crippen LogP contribution in [0.1, 0.15) is 17.5 Å². The zero-order valence-corrected chi connectivity index (χ0v) is 9.41. The smallest absolute Gasteiger partial charge is 0.322 e. The summed E-state index contributed by atoms with van der Waals surface area (Å²) in [6, 6.07) is 3.26. The average molecular weight is 246 g/mol. The van der Waals surface area contributed by atoms with Crippen LogP contribution in [0.5, 0.6) is 11.5 Å². The first-order valence-corrected chi connectivity index (χ1v) is 5.76. The summed E-state index contributed by atoms with van der Waals surface area (Å²) in [4.78, 5) is 23.4. The molecule has 0 aromatic heterocycles. The standard InChI is InChI=1S/C12H10N2O4/c15-10-12(14-11(16)13-10)2-1-6-3-8-9(4-7(6)12)18-5-17-8/h3-4H,1-2,5H2,(H2,13,14,15,16). The molecule has 1 aromatic rings. The first kappa shape index (κ1) is 9.76. The minimum atomic E-state index is -0.923. The first-order chi connectivity index (χ1) is 8.69. The van der Waals surface area contributed by atoms with Crippen molar-refractivity contribution in [1.82, 2.24) is 10.6 Å². The van der Waals surface area contributed by atoms with Crippen LogP contribution in [-0.4, -0.2) is 18.7 Å². The van der Waals surface area contributed by atoms with Crippen LogP contribution in [0.3, 0.4) is 0 Å². The van der Waals surface area contributed by atoms with E-state index >= 15 is 0 Å². The molecule has 1 unspecified atom stereocenters. The van der Waals surface area contributed by atoms with Gasteiger partial charge in [-0.05, 0) is 36.1 Å². The maximum absolute atomic E-state index is 12.0. The summed E-state index contributed by atoms with van der Waals surface area (Å²) in [5, 5.41) is 5.03. The van der Waals surface area contributed by atoms with Gasteiger partial charge < -0.3 is 14.8 Å². The largest absolute Gasteiger partial charge is 0.454 e. The van der Waals surface area contributed by atoms with E-state index in [4.69, 9.17) is 9.47 Å². The molecule has 1 fully saturated rings. The van der Waals surface area contributed by atoms with Crippen LogP contribution in [0.25, 0.3) is 0 Å². The monoisotopic (exact) mass is 246 g/mol. The Morgan fingerprint density at radius 1 is 1.17 bits per heavy atom. The van der Waals surface area contributed by atoms with E-state index in [0.29, 0.717) is 17.9 Å². The maximum Gasteiger partial charge on any atom is 0.322 e. The number of carbonyl (C=O) groups excluding carboxylic acids is 2. The second kappa shape index (κ2) is 2.95. The summed E-state index contributed by atoms with van der Waals surface area (Å²) in [6.45, 7) is 0.198. The Balaban J connectivity index is 1.90. The molecule has 3 amide bonds. The van der Waals surface area contributed by atoms with Gasteiger partial charge in [-0.25, -0.2) is 4.79 Å². The molecule has 0 saturated carbocycles. The molecule has 18 heavy (non-hydrogen) atoms. The molecule has 3 aliphatic rings. The third-order valence-electron chi connectivity index (χ3n) is 3.77. The van der Waals surface area contributed by atoms with Gasteiger partial charge in [-0.1, -0.05) is 0 Å². The van der Waals surface area contributed by atoms with Gasteiger partial charge in [-0.15, -0.1) is 0 Å². The predicted molar refractivity (Wildman–Crippen MR) is 59.2 cm³/mol. The number of hydrogen-bond acceptors (Lipinski definition) is 4. The van der Waals surface area contributed by atoms with Gasteiger partial charge in [0.25, 0.3) is 5.91 Å². The van der Waals surface area contributed by atoms with E-state index in [0.717, 1.165) is 17.5 Å². The van der Waals surface area contributed by atoms with Crippen molar-refractivity contribution in [3.05, 3.63) is 23.3 Å². The SMILES string of the molecule is O=C1NC(=O)C2(CCc3cc4c(cc32)OCO4)N1. The number of amides is 3. The van der Waals surface area contributed by atoms with Gasteiger partial charge in [0.1, 0.15) is 5.54 Å². The fourth-order valence-corrected chi connectivity index (χ4v) is 2.90. The van der Waals surface area contributed by atoms with Gasteiger partial charge in [0.2, 0.25) is 6.79 Å². The Hall–Kier alpha value is -2.24. The molecule has 92 valence electrons. The lowest BCUT2D eigenvalue weighted by Crippen LogP contribution is -2.41. The lowest BCUT2D eigenvalue weighted by molar-refractivity contribution is -0.124. The number of benzene rings is 1. The molecule has 6 heteroatoms. The van der Waals surface area contributed by atoms with Gasteiger partial charge in [-0.3, -0.25) is 10.1 Å². The van der Waals surface area contributed by atoms with E-state index in [1.54, 1.807) is 6.07 Å². The Bertz CT molecular complexity index is 598. The topological polar surface area (TPSA) is 76.7 Å². The average Bonchev–Trinajstić information content (AvgIpc) is 2.98. The van der Waals surface area contributed by atoms with E-state index in [1.807, 2.05) is 6.07 Å². The highest BCUT2D eigenvalue weighted by Crippen LogP contribution is 2.45. The number of hydrogen-bond donors (Lipinski definition) is 2. The lowest BCUT2D eigenvalue weighted by Gasteiger charge is -2.21. The number of rotatable bonds is 0. The Labute approximate surface area is 102 Å². The number of imide groups is 1. The van der Waals surface area contributed by atoms with Crippen molar-refractivity contribution in [1.29, 1.82) is 0 Å². The quantitative estimate of drug-likeness (QED) is 0.649. The van der Waals surface area contributed by atoms with Crippen LogP contribution >= 0.6 is 0 Å². The highest BCUT2D eigenvalue weighted by Gasteiger charge is 2.52. The Kier molecular flexibility index (Phi) is 1.60. The third kappa shape index (κ3) is 1.02. The lowest BCUT2D eigenvalue weighted by atomic mass is 9.92. The van der Waals surface area contributed by atoms with Crippen molar-refractivity contribution >= 4 is 11.9 Å².